The maximum atomic E-state index is 12.5. The van der Waals surface area contributed by atoms with E-state index in [1.807, 2.05) is 57.3 Å². The highest BCUT2D eigenvalue weighted by molar-refractivity contribution is 5.96. The molecule has 1 saturated carbocycles. The van der Waals surface area contributed by atoms with E-state index in [4.69, 9.17) is 9.72 Å². The first-order valence-corrected chi connectivity index (χ1v) is 13.1. The maximum Gasteiger partial charge on any atom is 0.410 e. The molecule has 1 aliphatic carbocycles. The first-order valence-electron chi connectivity index (χ1n) is 13.1. The van der Waals surface area contributed by atoms with Crippen LogP contribution in [-0.2, 0) is 4.74 Å². The van der Waals surface area contributed by atoms with Crippen LogP contribution in [0.15, 0.2) is 42.6 Å². The first-order chi connectivity index (χ1) is 17.6. The van der Waals surface area contributed by atoms with E-state index in [1.165, 1.54) is 0 Å². The Morgan fingerprint density at radius 2 is 1.76 bits per heavy atom. The van der Waals surface area contributed by atoms with E-state index in [0.29, 0.717) is 30.6 Å². The van der Waals surface area contributed by atoms with Crippen LogP contribution in [0.4, 0.5) is 10.7 Å². The lowest BCUT2D eigenvalue weighted by atomic mass is 9.97. The third-order valence-corrected chi connectivity index (χ3v) is 6.78. The summed E-state index contributed by atoms with van der Waals surface area (Å²) in [7, 11) is 0. The van der Waals surface area contributed by atoms with Crippen molar-refractivity contribution in [2.45, 2.75) is 71.1 Å². The summed E-state index contributed by atoms with van der Waals surface area (Å²) in [5, 5.41) is 7.43. The Balaban J connectivity index is 1.25. The molecule has 8 nitrogen and oxygen atoms in total. The van der Waals surface area contributed by atoms with Gasteiger partial charge in [0.2, 0.25) is 5.95 Å². The van der Waals surface area contributed by atoms with Gasteiger partial charge < -0.3 is 20.3 Å². The van der Waals surface area contributed by atoms with Crippen LogP contribution in [-0.4, -0.2) is 57.6 Å². The molecule has 1 saturated heterocycles. The van der Waals surface area contributed by atoms with Gasteiger partial charge in [0.1, 0.15) is 5.60 Å². The predicted octanol–water partition coefficient (Wildman–Crippen LogP) is 5.31. The number of piperidine rings is 1. The molecule has 2 amide bonds. The number of benzene rings is 2. The lowest BCUT2D eigenvalue weighted by Gasteiger charge is -2.33. The molecular weight excluding hydrogens is 466 g/mol. The number of rotatable bonds is 5. The zero-order chi connectivity index (χ0) is 26.2. The number of likely N-dealkylation sites (tertiary alicyclic amines) is 1. The number of hydrogen-bond donors (Lipinski definition) is 2. The van der Waals surface area contributed by atoms with Crippen molar-refractivity contribution < 1.29 is 14.3 Å². The number of amides is 2. The van der Waals surface area contributed by atoms with E-state index >= 15 is 0 Å². The third-order valence-electron chi connectivity index (χ3n) is 6.78. The molecular formula is C29H35N5O3. The fraction of sp³-hybridized carbons (Fsp3) is 0.448. The second-order valence-electron chi connectivity index (χ2n) is 11.1. The summed E-state index contributed by atoms with van der Waals surface area (Å²) in [6.45, 7) is 8.98. The molecule has 2 aromatic carbocycles. The van der Waals surface area contributed by atoms with E-state index in [9.17, 15) is 9.59 Å². The molecule has 37 heavy (non-hydrogen) atoms. The van der Waals surface area contributed by atoms with Gasteiger partial charge >= 0.3 is 6.09 Å². The molecule has 5 rings (SSSR count). The van der Waals surface area contributed by atoms with Crippen LogP contribution in [0.25, 0.3) is 22.0 Å². The molecule has 0 bridgehead atoms. The summed E-state index contributed by atoms with van der Waals surface area (Å²) >= 11 is 0. The minimum atomic E-state index is -0.489. The number of nitrogens with zero attached hydrogens (tertiary/aromatic N) is 3. The van der Waals surface area contributed by atoms with Crippen molar-refractivity contribution in [1.29, 1.82) is 0 Å². The molecule has 194 valence electrons. The van der Waals surface area contributed by atoms with Crippen molar-refractivity contribution >= 4 is 28.9 Å². The van der Waals surface area contributed by atoms with Crippen LogP contribution >= 0.6 is 0 Å². The molecule has 3 aromatic rings. The van der Waals surface area contributed by atoms with E-state index in [0.717, 1.165) is 53.3 Å². The van der Waals surface area contributed by atoms with Crippen molar-refractivity contribution in [2.75, 3.05) is 18.4 Å². The summed E-state index contributed by atoms with van der Waals surface area (Å²) in [6.07, 6.45) is 5.33. The SMILES string of the molecule is Cc1ccc(C(=O)NC2CC2)cc1-c1ccc2nc(NC3CCN(C(=O)OC(C)(C)C)CC3)ncc2c1. The van der Waals surface area contributed by atoms with Crippen molar-refractivity contribution in [2.24, 2.45) is 0 Å². The molecule has 0 unspecified atom stereocenters. The van der Waals surface area contributed by atoms with Crippen molar-refractivity contribution in [3.05, 3.63) is 53.7 Å². The van der Waals surface area contributed by atoms with Crippen LogP contribution in [0.5, 0.6) is 0 Å². The second kappa shape index (κ2) is 10.00. The standard InChI is InChI=1S/C29H35N5O3/c1-18-5-6-20(26(35)31-22-8-9-22)16-24(18)19-7-10-25-21(15-19)17-30-27(33-25)32-23-11-13-34(14-12-23)28(36)37-29(2,3)4/h5-7,10,15-17,22-23H,8-9,11-14H2,1-4H3,(H,31,35)(H,30,32,33). The Hall–Kier alpha value is -3.68. The van der Waals surface area contributed by atoms with E-state index in [2.05, 4.69) is 28.6 Å². The maximum absolute atomic E-state index is 12.5. The lowest BCUT2D eigenvalue weighted by Crippen LogP contribution is -2.44. The fourth-order valence-corrected chi connectivity index (χ4v) is 4.56. The first kappa shape index (κ1) is 25.0. The molecule has 2 fully saturated rings. The number of hydrogen-bond acceptors (Lipinski definition) is 6. The number of fused-ring (bicyclic) bond motifs is 1. The van der Waals surface area contributed by atoms with Gasteiger partial charge in [-0.05, 0) is 94.3 Å². The summed E-state index contributed by atoms with van der Waals surface area (Å²) in [5.41, 5.74) is 4.22. The van der Waals surface area contributed by atoms with Crippen molar-refractivity contribution in [3.8, 4) is 11.1 Å². The number of aromatic nitrogens is 2. The van der Waals surface area contributed by atoms with Gasteiger partial charge in [0, 0.05) is 42.3 Å². The van der Waals surface area contributed by atoms with Gasteiger partial charge in [0.05, 0.1) is 5.52 Å². The van der Waals surface area contributed by atoms with E-state index < -0.39 is 5.60 Å². The van der Waals surface area contributed by atoms with Crippen LogP contribution in [0.3, 0.4) is 0 Å². The van der Waals surface area contributed by atoms with E-state index in [1.54, 1.807) is 4.90 Å². The van der Waals surface area contributed by atoms with Gasteiger partial charge in [0.25, 0.3) is 5.91 Å². The Kier molecular flexibility index (Phi) is 6.75. The lowest BCUT2D eigenvalue weighted by molar-refractivity contribution is 0.0210. The number of carbonyl (C=O) groups excluding carboxylic acids is 2. The topological polar surface area (TPSA) is 96.5 Å². The van der Waals surface area contributed by atoms with Crippen LogP contribution in [0, 0.1) is 6.92 Å². The van der Waals surface area contributed by atoms with Crippen LogP contribution in [0.1, 0.15) is 62.4 Å². The molecule has 2 aliphatic rings. The Morgan fingerprint density at radius 1 is 1.00 bits per heavy atom. The summed E-state index contributed by atoms with van der Waals surface area (Å²) in [4.78, 5) is 35.9. The van der Waals surface area contributed by atoms with E-state index in [-0.39, 0.29) is 18.0 Å². The van der Waals surface area contributed by atoms with Gasteiger partial charge in [-0.1, -0.05) is 12.1 Å². The number of nitrogens with one attached hydrogen (secondary N) is 2. The predicted molar refractivity (Wildman–Crippen MR) is 145 cm³/mol. The van der Waals surface area contributed by atoms with Gasteiger partial charge in [-0.3, -0.25) is 4.79 Å². The van der Waals surface area contributed by atoms with Gasteiger partial charge in [-0.25, -0.2) is 14.8 Å². The average molecular weight is 502 g/mol. The quantitative estimate of drug-likeness (QED) is 0.492. The molecule has 2 heterocycles. The van der Waals surface area contributed by atoms with Crippen LogP contribution in [0.2, 0.25) is 0 Å². The number of ether oxygens (including phenoxy) is 1. The molecule has 1 aliphatic heterocycles. The Morgan fingerprint density at radius 3 is 2.46 bits per heavy atom. The summed E-state index contributed by atoms with van der Waals surface area (Å²) in [5.74, 6) is 0.575. The molecule has 1 aromatic heterocycles. The number of anilines is 1. The van der Waals surface area contributed by atoms with Crippen molar-refractivity contribution in [1.82, 2.24) is 20.2 Å². The smallest absolute Gasteiger partial charge is 0.410 e. The minimum absolute atomic E-state index is 0.0134. The zero-order valence-corrected chi connectivity index (χ0v) is 22.0. The second-order valence-corrected chi connectivity index (χ2v) is 11.1. The summed E-state index contributed by atoms with van der Waals surface area (Å²) < 4.78 is 5.49. The van der Waals surface area contributed by atoms with Gasteiger partial charge in [0.15, 0.2) is 0 Å². The minimum Gasteiger partial charge on any atom is -0.444 e. The van der Waals surface area contributed by atoms with Gasteiger partial charge in [-0.2, -0.15) is 0 Å². The van der Waals surface area contributed by atoms with Crippen molar-refractivity contribution in [3.63, 3.8) is 0 Å². The third kappa shape index (κ3) is 6.18. The molecule has 8 heteroatoms. The zero-order valence-electron chi connectivity index (χ0n) is 22.0. The average Bonchev–Trinajstić information content (AvgIpc) is 3.67. The molecule has 2 N–H and O–H groups in total. The highest BCUT2D eigenvalue weighted by Crippen LogP contribution is 2.29. The number of carbonyl (C=O) groups is 2. The fourth-order valence-electron chi connectivity index (χ4n) is 4.56. The van der Waals surface area contributed by atoms with Gasteiger partial charge in [-0.15, -0.1) is 0 Å². The van der Waals surface area contributed by atoms with Crippen LogP contribution < -0.4 is 10.6 Å². The highest BCUT2D eigenvalue weighted by Gasteiger charge is 2.27. The Bertz CT molecular complexity index is 1320. The molecule has 0 radical (unpaired) electrons. The summed E-state index contributed by atoms with van der Waals surface area (Å²) in [6, 6.07) is 12.5. The number of aryl methyl sites for hydroxylation is 1. The normalized spacial score (nSPS) is 16.5. The molecule has 0 spiro atoms. The Labute approximate surface area is 217 Å². The molecule has 0 atom stereocenters. The monoisotopic (exact) mass is 501 g/mol. The highest BCUT2D eigenvalue weighted by atomic mass is 16.6. The largest absolute Gasteiger partial charge is 0.444 e.